The molecule has 2 aromatic heterocycles. The van der Waals surface area contributed by atoms with E-state index in [2.05, 4.69) is 66.4 Å². The van der Waals surface area contributed by atoms with Gasteiger partial charge in [0.05, 0.1) is 30.3 Å². The van der Waals surface area contributed by atoms with Gasteiger partial charge in [0.1, 0.15) is 22.8 Å². The highest BCUT2D eigenvalue weighted by molar-refractivity contribution is 7.92. The number of ether oxygens (including phenoxy) is 1. The monoisotopic (exact) mass is 674 g/mol. The zero-order valence-corrected chi connectivity index (χ0v) is 29.5. The van der Waals surface area contributed by atoms with E-state index in [-0.39, 0.29) is 0 Å². The topological polar surface area (TPSA) is 132 Å². The van der Waals surface area contributed by atoms with Crippen LogP contribution in [0.5, 0.6) is 5.75 Å². The Balaban J connectivity index is 1.24. The summed E-state index contributed by atoms with van der Waals surface area (Å²) in [5.41, 5.74) is 5.95. The number of aromatic nitrogens is 4. The van der Waals surface area contributed by atoms with Crippen LogP contribution >= 0.6 is 0 Å². The summed E-state index contributed by atoms with van der Waals surface area (Å²) in [4.78, 5) is 25.7. The van der Waals surface area contributed by atoms with Crippen LogP contribution in [-0.2, 0) is 16.4 Å². The van der Waals surface area contributed by atoms with Crippen LogP contribution in [-0.4, -0.2) is 111 Å². The van der Waals surface area contributed by atoms with Gasteiger partial charge in [0.25, 0.3) is 0 Å². The number of methoxy groups -OCH3 is 1. The van der Waals surface area contributed by atoms with Crippen molar-refractivity contribution in [2.24, 2.45) is 0 Å². The molecule has 0 atom stereocenters. The fourth-order valence-electron chi connectivity index (χ4n) is 6.60. The van der Waals surface area contributed by atoms with Crippen LogP contribution in [0, 0.1) is 6.92 Å². The first-order valence-electron chi connectivity index (χ1n) is 16.5. The van der Waals surface area contributed by atoms with E-state index in [9.17, 15) is 8.42 Å². The molecule has 4 heterocycles. The van der Waals surface area contributed by atoms with Crippen molar-refractivity contribution in [3.63, 3.8) is 0 Å². The van der Waals surface area contributed by atoms with Crippen molar-refractivity contribution in [3.8, 4) is 5.75 Å². The van der Waals surface area contributed by atoms with Crippen LogP contribution in [0.3, 0.4) is 0 Å². The van der Waals surface area contributed by atoms with Gasteiger partial charge in [-0.05, 0) is 57.0 Å². The van der Waals surface area contributed by atoms with E-state index in [0.717, 1.165) is 76.0 Å². The van der Waals surface area contributed by atoms with Crippen LogP contribution < -0.4 is 24.6 Å². The highest BCUT2D eigenvalue weighted by Gasteiger charge is 2.28. The van der Waals surface area contributed by atoms with Crippen molar-refractivity contribution in [2.75, 3.05) is 86.6 Å². The minimum atomic E-state index is -3.60. The number of benzene rings is 2. The first-order chi connectivity index (χ1) is 23.0. The summed E-state index contributed by atoms with van der Waals surface area (Å²) in [6, 6.07) is 8.50. The van der Waals surface area contributed by atoms with Crippen LogP contribution in [0.15, 0.2) is 42.9 Å². The number of fused-ring (bicyclic) bond motifs is 1. The second-order valence-corrected chi connectivity index (χ2v) is 14.7. The molecule has 13 nitrogen and oxygen atoms in total. The van der Waals surface area contributed by atoms with Crippen LogP contribution in [0.1, 0.15) is 30.9 Å². The first-order valence-corrected chi connectivity index (χ1v) is 18.3. The Kier molecular flexibility index (Phi) is 9.85. The maximum absolute atomic E-state index is 12.6. The van der Waals surface area contributed by atoms with Gasteiger partial charge in [-0.15, -0.1) is 0 Å². The molecule has 0 amide bonds. The zero-order valence-electron chi connectivity index (χ0n) is 28.7. The Morgan fingerprint density at radius 1 is 0.979 bits per heavy atom. The lowest BCUT2D eigenvalue weighted by atomic mass is 9.99. The van der Waals surface area contributed by atoms with Gasteiger partial charge in [-0.3, -0.25) is 19.2 Å². The smallest absolute Gasteiger partial charge is 0.232 e. The lowest BCUT2D eigenvalue weighted by molar-refractivity contribution is 0.0982. The molecule has 6 rings (SSSR count). The van der Waals surface area contributed by atoms with E-state index in [1.807, 2.05) is 6.92 Å². The number of rotatable bonds is 10. The van der Waals surface area contributed by atoms with Gasteiger partial charge in [-0.25, -0.2) is 13.4 Å². The van der Waals surface area contributed by atoms with Gasteiger partial charge in [-0.1, -0.05) is 6.92 Å². The molecule has 2 fully saturated rings. The van der Waals surface area contributed by atoms with Crippen LogP contribution in [0.25, 0.3) is 11.0 Å². The fraction of sp³-hybridized carbons (Fsp3) is 0.471. The SMILES string of the molecule is CCc1cc(Nc2ncc(C)c(Nc3ccc4nccnc4c3N(C)S(C)(=O)=O)n2)c(OC)cc1N1CCC(N2CCN(C)CC2)CC1. The van der Waals surface area contributed by atoms with E-state index < -0.39 is 10.0 Å². The van der Waals surface area contributed by atoms with Gasteiger partial charge in [0.2, 0.25) is 16.0 Å². The number of piperidine rings is 1. The molecule has 2 aliphatic rings. The summed E-state index contributed by atoms with van der Waals surface area (Å²) in [5.74, 6) is 1.61. The summed E-state index contributed by atoms with van der Waals surface area (Å²) in [5, 5.41) is 6.72. The summed E-state index contributed by atoms with van der Waals surface area (Å²) < 4.78 is 32.4. The second-order valence-electron chi connectivity index (χ2n) is 12.7. The molecule has 0 unspecified atom stereocenters. The fourth-order valence-corrected chi connectivity index (χ4v) is 7.12. The van der Waals surface area contributed by atoms with E-state index in [0.29, 0.717) is 46.0 Å². The molecule has 4 aromatic rings. The number of hydrogen-bond acceptors (Lipinski definition) is 12. The largest absolute Gasteiger partial charge is 0.494 e. The number of sulfonamides is 1. The van der Waals surface area contributed by atoms with Gasteiger partial charge >= 0.3 is 0 Å². The number of piperazine rings is 1. The predicted molar refractivity (Wildman–Crippen MR) is 193 cm³/mol. The summed E-state index contributed by atoms with van der Waals surface area (Å²) in [6.07, 6.45) is 9.20. The third-order valence-electron chi connectivity index (χ3n) is 9.54. The van der Waals surface area contributed by atoms with Crippen molar-refractivity contribution in [3.05, 3.63) is 54.0 Å². The maximum atomic E-state index is 12.6. The standard InChI is InChI=1S/C34H46N10O3S/c1-7-24-20-28(30(47-5)21-29(24)44-14-10-25(11-15-44)43-18-16-41(3)17-19-43)39-34-37-22-23(2)33(40-34)38-27-9-8-26-31(36-13-12-35-26)32(27)42(4)48(6,45)46/h8-9,12-13,20-22,25H,7,10-11,14-19H2,1-6H3,(H2,37,38,39,40). The average molecular weight is 675 g/mol. The summed E-state index contributed by atoms with van der Waals surface area (Å²) in [7, 11) is 1.79. The quantitative estimate of drug-likeness (QED) is 0.247. The van der Waals surface area contributed by atoms with E-state index in [1.54, 1.807) is 37.8 Å². The lowest BCUT2D eigenvalue weighted by Crippen LogP contribution is -2.52. The normalized spacial score (nSPS) is 16.7. The zero-order chi connectivity index (χ0) is 34.0. The van der Waals surface area contributed by atoms with Crippen molar-refractivity contribution in [1.82, 2.24) is 29.7 Å². The predicted octanol–water partition coefficient (Wildman–Crippen LogP) is 4.40. The number of hydrogen-bond donors (Lipinski definition) is 2. The number of likely N-dealkylation sites (N-methyl/N-ethyl adjacent to an activating group) is 1. The summed E-state index contributed by atoms with van der Waals surface area (Å²) in [6.45, 7) is 10.7. The van der Waals surface area contributed by atoms with Crippen LogP contribution in [0.2, 0.25) is 0 Å². The molecule has 2 aromatic carbocycles. The number of aryl methyl sites for hydroxylation is 2. The van der Waals surface area contributed by atoms with Crippen LogP contribution in [0.4, 0.5) is 34.5 Å². The second kappa shape index (κ2) is 14.1. The van der Waals surface area contributed by atoms with Crippen molar-refractivity contribution < 1.29 is 13.2 Å². The third kappa shape index (κ3) is 7.10. The van der Waals surface area contributed by atoms with Gasteiger partial charge in [0, 0.05) is 88.3 Å². The molecule has 0 radical (unpaired) electrons. The third-order valence-corrected chi connectivity index (χ3v) is 10.7. The molecule has 14 heteroatoms. The Morgan fingerprint density at radius 2 is 1.71 bits per heavy atom. The van der Waals surface area contributed by atoms with Gasteiger partial charge in [-0.2, -0.15) is 4.98 Å². The maximum Gasteiger partial charge on any atom is 0.232 e. The summed E-state index contributed by atoms with van der Waals surface area (Å²) >= 11 is 0. The van der Waals surface area contributed by atoms with Crippen molar-refractivity contribution in [2.45, 2.75) is 39.2 Å². The molecule has 0 aliphatic carbocycles. The van der Waals surface area contributed by atoms with E-state index in [4.69, 9.17) is 9.72 Å². The molecule has 2 aliphatic heterocycles. The molecular weight excluding hydrogens is 629 g/mol. The average Bonchev–Trinajstić information content (AvgIpc) is 3.09. The minimum absolute atomic E-state index is 0.378. The molecule has 0 saturated carbocycles. The first kappa shape index (κ1) is 33.6. The number of nitrogens with one attached hydrogen (secondary N) is 2. The van der Waals surface area contributed by atoms with Gasteiger partial charge < -0.3 is 25.2 Å². The number of anilines is 6. The highest BCUT2D eigenvalue weighted by atomic mass is 32.2. The van der Waals surface area contributed by atoms with Crippen molar-refractivity contribution >= 4 is 55.6 Å². The van der Waals surface area contributed by atoms with E-state index in [1.165, 1.54) is 22.6 Å². The number of nitrogens with zero attached hydrogens (tertiary/aromatic N) is 8. The van der Waals surface area contributed by atoms with Gasteiger partial charge in [0.15, 0.2) is 0 Å². The molecular formula is C34H46N10O3S. The van der Waals surface area contributed by atoms with Crippen molar-refractivity contribution in [1.29, 1.82) is 0 Å². The minimum Gasteiger partial charge on any atom is -0.494 e. The Morgan fingerprint density at radius 3 is 2.40 bits per heavy atom. The van der Waals surface area contributed by atoms with E-state index >= 15 is 0 Å². The molecule has 2 N–H and O–H groups in total. The molecule has 2 saturated heterocycles. The Labute approximate surface area is 283 Å². The molecule has 48 heavy (non-hydrogen) atoms. The molecule has 0 bridgehead atoms. The Bertz CT molecular complexity index is 1870. The lowest BCUT2D eigenvalue weighted by Gasteiger charge is -2.43. The molecule has 256 valence electrons. The molecule has 0 spiro atoms. The highest BCUT2D eigenvalue weighted by Crippen LogP contribution is 2.38. The Hall–Kier alpha value is -4.27.